The smallest absolute Gasteiger partial charge is 0.352 e. The van der Waals surface area contributed by atoms with Crippen LogP contribution >= 0.6 is 0 Å². The number of benzene rings is 1. The van der Waals surface area contributed by atoms with Gasteiger partial charge in [-0.2, -0.15) is 0 Å². The average Bonchev–Trinajstić information content (AvgIpc) is 2.51. The minimum absolute atomic E-state index is 0.200. The zero-order chi connectivity index (χ0) is 20.0. The van der Waals surface area contributed by atoms with Gasteiger partial charge >= 0.3 is 5.97 Å². The molecule has 1 aromatic rings. The molecule has 0 fully saturated rings. The Morgan fingerprint density at radius 2 is 1.38 bits per heavy atom. The van der Waals surface area contributed by atoms with Crippen molar-refractivity contribution in [2.24, 2.45) is 0 Å². The lowest BCUT2D eigenvalue weighted by atomic mass is 9.78. The summed E-state index contributed by atoms with van der Waals surface area (Å²) >= 11 is 0. The van der Waals surface area contributed by atoms with Gasteiger partial charge in [0.25, 0.3) is 0 Å². The topological polar surface area (TPSA) is 46.5 Å². The molecule has 0 saturated carbocycles. The molecule has 0 atom stereocenters. The minimum Gasteiger partial charge on any atom is -0.507 e. The first-order valence-corrected chi connectivity index (χ1v) is 8.03. The van der Waals surface area contributed by atoms with Crippen LogP contribution < -0.4 is 0 Å². The Hall–Kier alpha value is -3.27. The van der Waals surface area contributed by atoms with Crippen LogP contribution in [0.5, 0.6) is 5.75 Å². The molecule has 132 valence electrons. The second-order valence-electron chi connectivity index (χ2n) is 7.68. The standard InChI is InChI=1S/C23H22O3/c1-8-9-10-11-12-13-14-26-21(25)17-15-18(22(2,3)4)20(24)19(16-17)23(5,6)7/h1,15-16,24H,2-7H3. The van der Waals surface area contributed by atoms with Crippen LogP contribution in [0.15, 0.2) is 12.1 Å². The summed E-state index contributed by atoms with van der Waals surface area (Å²) in [5.41, 5.74) is 0.996. The quantitative estimate of drug-likeness (QED) is 0.622. The van der Waals surface area contributed by atoms with Crippen LogP contribution in [0.25, 0.3) is 0 Å². The number of ether oxygens (including phenoxy) is 1. The molecule has 0 heterocycles. The van der Waals surface area contributed by atoms with Crippen LogP contribution in [0.4, 0.5) is 0 Å². The molecule has 0 aliphatic rings. The van der Waals surface area contributed by atoms with Crippen molar-refractivity contribution >= 4 is 5.97 Å². The van der Waals surface area contributed by atoms with E-state index in [2.05, 4.69) is 41.6 Å². The summed E-state index contributed by atoms with van der Waals surface area (Å²) in [7, 11) is 0. The van der Waals surface area contributed by atoms with Crippen molar-refractivity contribution in [3.8, 4) is 53.8 Å². The van der Waals surface area contributed by atoms with E-state index in [9.17, 15) is 9.90 Å². The zero-order valence-electron chi connectivity index (χ0n) is 16.0. The molecular formula is C23H22O3. The highest BCUT2D eigenvalue weighted by Crippen LogP contribution is 2.39. The van der Waals surface area contributed by atoms with Crippen LogP contribution in [-0.4, -0.2) is 11.1 Å². The van der Waals surface area contributed by atoms with Crippen LogP contribution in [-0.2, 0) is 15.6 Å². The molecule has 0 aliphatic carbocycles. The number of terminal acetylenes is 1. The Morgan fingerprint density at radius 3 is 1.85 bits per heavy atom. The van der Waals surface area contributed by atoms with Gasteiger partial charge in [0.05, 0.1) is 5.56 Å². The fourth-order valence-electron chi connectivity index (χ4n) is 2.18. The van der Waals surface area contributed by atoms with Crippen molar-refractivity contribution in [2.75, 3.05) is 0 Å². The predicted molar refractivity (Wildman–Crippen MR) is 103 cm³/mol. The number of rotatable bonds is 1. The monoisotopic (exact) mass is 346 g/mol. The molecule has 0 spiro atoms. The number of aromatic hydroxyl groups is 1. The third kappa shape index (κ3) is 5.67. The lowest BCUT2D eigenvalue weighted by Crippen LogP contribution is -2.19. The SMILES string of the molecule is C#CC#CC#CC#COC(=O)c1cc(C(C)(C)C)c(O)c(C(C)(C)C)c1. The molecule has 0 radical (unpaired) electrons. The fraction of sp³-hybridized carbons (Fsp3) is 0.348. The average molecular weight is 346 g/mol. The molecule has 1 rings (SSSR count). The first-order valence-electron chi connectivity index (χ1n) is 8.03. The van der Waals surface area contributed by atoms with E-state index < -0.39 is 5.97 Å². The van der Waals surface area contributed by atoms with E-state index >= 15 is 0 Å². The molecule has 3 nitrogen and oxygen atoms in total. The van der Waals surface area contributed by atoms with E-state index in [4.69, 9.17) is 11.2 Å². The first-order chi connectivity index (χ1) is 12.0. The lowest BCUT2D eigenvalue weighted by Gasteiger charge is -2.27. The maximum Gasteiger partial charge on any atom is 0.352 e. The summed E-state index contributed by atoms with van der Waals surface area (Å²) in [4.78, 5) is 12.3. The van der Waals surface area contributed by atoms with Crippen LogP contribution in [0.2, 0.25) is 0 Å². The number of hydrogen-bond acceptors (Lipinski definition) is 3. The van der Waals surface area contributed by atoms with Gasteiger partial charge in [-0.25, -0.2) is 4.79 Å². The highest BCUT2D eigenvalue weighted by molar-refractivity contribution is 5.91. The van der Waals surface area contributed by atoms with E-state index in [1.54, 1.807) is 12.1 Å². The minimum atomic E-state index is -0.606. The van der Waals surface area contributed by atoms with Crippen LogP contribution in [0.3, 0.4) is 0 Å². The summed E-state index contributed by atoms with van der Waals surface area (Å²) in [6.45, 7) is 11.8. The Balaban J connectivity index is 3.24. The van der Waals surface area contributed by atoms with Gasteiger partial charge in [-0.1, -0.05) is 41.5 Å². The van der Waals surface area contributed by atoms with Crippen LogP contribution in [0.1, 0.15) is 63.0 Å². The van der Waals surface area contributed by atoms with Gasteiger partial charge < -0.3 is 9.84 Å². The summed E-state index contributed by atoms with van der Waals surface area (Å²) in [5, 5.41) is 10.7. The van der Waals surface area contributed by atoms with Crippen molar-refractivity contribution in [1.29, 1.82) is 0 Å². The van der Waals surface area contributed by atoms with E-state index in [0.29, 0.717) is 16.7 Å². The number of carbonyl (C=O) groups excluding carboxylic acids is 1. The van der Waals surface area contributed by atoms with Crippen molar-refractivity contribution < 1.29 is 14.6 Å². The molecule has 1 aromatic carbocycles. The number of esters is 1. The summed E-state index contributed by atoms with van der Waals surface area (Å²) in [6, 6.07) is 3.28. The molecule has 26 heavy (non-hydrogen) atoms. The van der Waals surface area contributed by atoms with E-state index in [-0.39, 0.29) is 16.6 Å². The van der Waals surface area contributed by atoms with Crippen molar-refractivity contribution in [2.45, 2.75) is 52.4 Å². The van der Waals surface area contributed by atoms with Gasteiger partial charge in [0.2, 0.25) is 0 Å². The maximum absolute atomic E-state index is 12.3. The predicted octanol–water partition coefficient (Wildman–Crippen LogP) is 3.74. The number of phenols is 1. The molecule has 0 amide bonds. The highest BCUT2D eigenvalue weighted by atomic mass is 16.5. The van der Waals surface area contributed by atoms with Gasteiger partial charge in [0, 0.05) is 28.9 Å². The largest absolute Gasteiger partial charge is 0.507 e. The van der Waals surface area contributed by atoms with Gasteiger partial charge in [-0.3, -0.25) is 0 Å². The Morgan fingerprint density at radius 1 is 0.923 bits per heavy atom. The number of carbonyl (C=O) groups is 1. The third-order valence-electron chi connectivity index (χ3n) is 3.48. The van der Waals surface area contributed by atoms with Gasteiger partial charge in [-0.05, 0) is 40.7 Å². The maximum atomic E-state index is 12.3. The Kier molecular flexibility index (Phi) is 6.56. The van der Waals surface area contributed by atoms with Crippen molar-refractivity contribution in [3.63, 3.8) is 0 Å². The Bertz CT molecular complexity index is 891. The van der Waals surface area contributed by atoms with Crippen LogP contribution in [0, 0.1) is 48.1 Å². The summed E-state index contributed by atoms with van der Waals surface area (Å²) in [5.74, 6) is 13.6. The lowest BCUT2D eigenvalue weighted by molar-refractivity contribution is 0.0690. The number of hydrogen-bond donors (Lipinski definition) is 1. The molecule has 1 N–H and O–H groups in total. The highest BCUT2D eigenvalue weighted by Gasteiger charge is 2.28. The van der Waals surface area contributed by atoms with Crippen molar-refractivity contribution in [3.05, 3.63) is 28.8 Å². The van der Waals surface area contributed by atoms with E-state index in [1.807, 2.05) is 41.5 Å². The zero-order valence-corrected chi connectivity index (χ0v) is 16.0. The van der Waals surface area contributed by atoms with Crippen molar-refractivity contribution in [1.82, 2.24) is 0 Å². The molecule has 0 bridgehead atoms. The number of phenolic OH excluding ortho intramolecular Hbond substituents is 1. The summed E-state index contributed by atoms with van der Waals surface area (Å²) in [6.07, 6.45) is 7.19. The molecule has 0 aromatic heterocycles. The molecular weight excluding hydrogens is 324 g/mol. The van der Waals surface area contributed by atoms with Gasteiger partial charge in [0.15, 0.2) is 0 Å². The molecule has 0 aliphatic heterocycles. The molecule has 3 heteroatoms. The molecule has 0 unspecified atom stereocenters. The summed E-state index contributed by atoms with van der Waals surface area (Å²) < 4.78 is 4.94. The van der Waals surface area contributed by atoms with E-state index in [1.165, 1.54) is 0 Å². The second kappa shape index (κ2) is 8.21. The third-order valence-corrected chi connectivity index (χ3v) is 3.48. The second-order valence-corrected chi connectivity index (χ2v) is 7.68. The van der Waals surface area contributed by atoms with E-state index in [0.717, 1.165) is 0 Å². The molecule has 0 saturated heterocycles. The van der Waals surface area contributed by atoms with Gasteiger partial charge in [0.1, 0.15) is 11.9 Å². The van der Waals surface area contributed by atoms with Gasteiger partial charge in [-0.15, -0.1) is 6.42 Å². The Labute approximate surface area is 156 Å². The first kappa shape index (κ1) is 20.8. The fourth-order valence-corrected chi connectivity index (χ4v) is 2.18. The normalized spacial score (nSPS) is 10.0.